The van der Waals surface area contributed by atoms with Crippen LogP contribution in [-0.4, -0.2) is 20.7 Å². The van der Waals surface area contributed by atoms with Crippen molar-refractivity contribution in [3.8, 4) is 0 Å². The molecule has 0 heterocycles. The lowest BCUT2D eigenvalue weighted by Crippen LogP contribution is -2.17. The van der Waals surface area contributed by atoms with Crippen molar-refractivity contribution in [2.24, 2.45) is 0 Å². The van der Waals surface area contributed by atoms with Crippen LogP contribution < -0.4 is 11.1 Å². The topological polar surface area (TPSA) is 185 Å². The fourth-order valence-electron chi connectivity index (χ4n) is 2.02. The van der Waals surface area contributed by atoms with Crippen molar-refractivity contribution in [2.45, 2.75) is 0 Å². The summed E-state index contributed by atoms with van der Waals surface area (Å²) < 4.78 is 0. The molecule has 0 saturated heterocycles. The molecule has 2 rings (SSSR count). The van der Waals surface area contributed by atoms with Gasteiger partial charge < -0.3 is 11.1 Å². The molecule has 0 aromatic heterocycles. The highest BCUT2D eigenvalue weighted by atomic mass is 16.6. The van der Waals surface area contributed by atoms with Gasteiger partial charge in [-0.25, -0.2) is 0 Å². The number of para-hydroxylation sites is 2. The van der Waals surface area contributed by atoms with Gasteiger partial charge in [-0.1, -0.05) is 12.1 Å². The normalized spacial score (nSPS) is 10.1. The molecule has 2 aromatic carbocycles. The van der Waals surface area contributed by atoms with E-state index in [4.69, 9.17) is 5.73 Å². The molecule has 128 valence electrons. The summed E-state index contributed by atoms with van der Waals surface area (Å²) in [7, 11) is 0. The molecule has 0 aliphatic rings. The minimum atomic E-state index is -1.19. The highest BCUT2D eigenvalue weighted by molar-refractivity contribution is 6.11. The first kappa shape index (κ1) is 17.3. The van der Waals surface area contributed by atoms with Gasteiger partial charge in [0.25, 0.3) is 23.0 Å². The van der Waals surface area contributed by atoms with Gasteiger partial charge >= 0.3 is 0 Å². The second-order valence-corrected chi connectivity index (χ2v) is 4.67. The van der Waals surface area contributed by atoms with Gasteiger partial charge in [0, 0.05) is 0 Å². The predicted octanol–water partition coefficient (Wildman–Crippen LogP) is 2.25. The van der Waals surface area contributed by atoms with Gasteiger partial charge in [-0.3, -0.25) is 35.1 Å². The Bertz CT molecular complexity index is 876. The summed E-state index contributed by atoms with van der Waals surface area (Å²) in [6.07, 6.45) is 0. The van der Waals surface area contributed by atoms with Gasteiger partial charge in [-0.05, 0) is 12.1 Å². The lowest BCUT2D eigenvalue weighted by molar-refractivity contribution is -0.403. The quantitative estimate of drug-likeness (QED) is 0.468. The molecule has 0 radical (unpaired) electrons. The van der Waals surface area contributed by atoms with Crippen LogP contribution in [0.25, 0.3) is 0 Å². The number of carbonyl (C=O) groups is 1. The Morgan fingerprint density at radius 3 is 1.88 bits per heavy atom. The standard InChI is InChI=1S/C13H9N5O7/c14-8-3-1-2-4-9(8)15-13(19)12-10(17(22)23)5-7(16(20)21)6-11(12)18(24)25/h1-6H,14H2,(H,15,19). The van der Waals surface area contributed by atoms with E-state index in [0.29, 0.717) is 12.1 Å². The number of hydrogen-bond acceptors (Lipinski definition) is 8. The largest absolute Gasteiger partial charge is 0.397 e. The number of carbonyl (C=O) groups excluding carboxylic acids is 1. The van der Waals surface area contributed by atoms with Crippen LogP contribution >= 0.6 is 0 Å². The SMILES string of the molecule is Nc1ccccc1NC(=O)c1c([N+](=O)[O-])cc([N+](=O)[O-])cc1[N+](=O)[O-]. The third-order valence-corrected chi connectivity index (χ3v) is 3.12. The maximum absolute atomic E-state index is 12.4. The maximum Gasteiger partial charge on any atom is 0.296 e. The Labute approximate surface area is 138 Å². The monoisotopic (exact) mass is 347 g/mol. The maximum atomic E-state index is 12.4. The molecule has 2 aromatic rings. The summed E-state index contributed by atoms with van der Waals surface area (Å²) in [5.41, 5.74) is 1.92. The first-order valence-electron chi connectivity index (χ1n) is 6.49. The molecule has 25 heavy (non-hydrogen) atoms. The number of anilines is 2. The molecular formula is C13H9N5O7. The molecule has 0 aliphatic carbocycles. The van der Waals surface area contributed by atoms with Gasteiger partial charge in [0.05, 0.1) is 38.3 Å². The van der Waals surface area contributed by atoms with Crippen molar-refractivity contribution in [3.63, 3.8) is 0 Å². The molecule has 0 aliphatic heterocycles. The summed E-state index contributed by atoms with van der Waals surface area (Å²) in [5, 5.41) is 35.3. The molecule has 0 bridgehead atoms. The molecule has 0 spiro atoms. The summed E-state index contributed by atoms with van der Waals surface area (Å²) in [6.45, 7) is 0. The first-order valence-corrected chi connectivity index (χ1v) is 6.49. The molecule has 3 N–H and O–H groups in total. The van der Waals surface area contributed by atoms with Gasteiger partial charge in [0.15, 0.2) is 5.56 Å². The molecule has 12 heteroatoms. The van der Waals surface area contributed by atoms with E-state index in [-0.39, 0.29) is 11.4 Å². The Kier molecular flexibility index (Phi) is 4.54. The average Bonchev–Trinajstić information content (AvgIpc) is 2.55. The summed E-state index contributed by atoms with van der Waals surface area (Å²) in [6, 6.07) is 6.88. The third kappa shape index (κ3) is 3.47. The first-order chi connectivity index (χ1) is 11.7. The number of nitro benzene ring substituents is 3. The fraction of sp³-hybridized carbons (Fsp3) is 0. The minimum absolute atomic E-state index is 0.0782. The van der Waals surface area contributed by atoms with Crippen LogP contribution in [0.5, 0.6) is 0 Å². The Morgan fingerprint density at radius 1 is 0.920 bits per heavy atom. The van der Waals surface area contributed by atoms with Crippen molar-refractivity contribution in [2.75, 3.05) is 11.1 Å². The number of nitrogens with two attached hydrogens (primary N) is 1. The molecule has 0 fully saturated rings. The zero-order valence-corrected chi connectivity index (χ0v) is 12.2. The summed E-state index contributed by atoms with van der Waals surface area (Å²) >= 11 is 0. The summed E-state index contributed by atoms with van der Waals surface area (Å²) in [4.78, 5) is 42.2. The van der Waals surface area contributed by atoms with Gasteiger partial charge in [-0.2, -0.15) is 0 Å². The van der Waals surface area contributed by atoms with E-state index >= 15 is 0 Å². The van der Waals surface area contributed by atoms with E-state index in [9.17, 15) is 35.1 Å². The van der Waals surface area contributed by atoms with E-state index in [1.807, 2.05) is 0 Å². The van der Waals surface area contributed by atoms with Crippen molar-refractivity contribution in [1.29, 1.82) is 0 Å². The summed E-state index contributed by atoms with van der Waals surface area (Å²) in [5.74, 6) is -1.19. The molecule has 12 nitrogen and oxygen atoms in total. The molecule has 1 amide bonds. The van der Waals surface area contributed by atoms with Crippen LogP contribution in [0, 0.1) is 30.3 Å². The Hall–Kier alpha value is -4.09. The lowest BCUT2D eigenvalue weighted by Gasteiger charge is -2.08. The molecule has 0 unspecified atom stereocenters. The van der Waals surface area contributed by atoms with Crippen LogP contribution in [0.1, 0.15) is 10.4 Å². The van der Waals surface area contributed by atoms with Gasteiger partial charge in [0.2, 0.25) is 0 Å². The highest BCUT2D eigenvalue weighted by Gasteiger charge is 2.35. The number of nitrogens with zero attached hydrogens (tertiary/aromatic N) is 3. The molecular weight excluding hydrogens is 338 g/mol. The number of nitrogens with one attached hydrogen (secondary N) is 1. The number of hydrogen-bond donors (Lipinski definition) is 2. The van der Waals surface area contributed by atoms with E-state index in [0.717, 1.165) is 0 Å². The zero-order chi connectivity index (χ0) is 18.7. The number of non-ortho nitro benzene ring substituents is 1. The number of benzene rings is 2. The van der Waals surface area contributed by atoms with E-state index in [1.54, 1.807) is 6.07 Å². The van der Waals surface area contributed by atoms with E-state index in [1.165, 1.54) is 18.2 Å². The van der Waals surface area contributed by atoms with Gasteiger partial charge in [-0.15, -0.1) is 0 Å². The Balaban J connectivity index is 2.63. The van der Waals surface area contributed by atoms with Crippen LogP contribution in [0.15, 0.2) is 36.4 Å². The molecule has 0 atom stereocenters. The predicted molar refractivity (Wildman–Crippen MR) is 85.2 cm³/mol. The van der Waals surface area contributed by atoms with Crippen molar-refractivity contribution >= 4 is 34.3 Å². The second kappa shape index (κ2) is 6.57. The molecule has 0 saturated carbocycles. The zero-order valence-electron chi connectivity index (χ0n) is 12.2. The van der Waals surface area contributed by atoms with Gasteiger partial charge in [0.1, 0.15) is 0 Å². The number of nitrogen functional groups attached to an aromatic ring is 1. The van der Waals surface area contributed by atoms with E-state index < -0.39 is 43.3 Å². The van der Waals surface area contributed by atoms with Crippen molar-refractivity contribution < 1.29 is 19.6 Å². The van der Waals surface area contributed by atoms with Crippen LogP contribution in [-0.2, 0) is 0 Å². The van der Waals surface area contributed by atoms with Crippen molar-refractivity contribution in [3.05, 3.63) is 72.3 Å². The van der Waals surface area contributed by atoms with Crippen LogP contribution in [0.3, 0.4) is 0 Å². The van der Waals surface area contributed by atoms with Crippen LogP contribution in [0.2, 0.25) is 0 Å². The average molecular weight is 347 g/mol. The number of amides is 1. The highest BCUT2D eigenvalue weighted by Crippen LogP contribution is 2.34. The number of rotatable bonds is 5. The minimum Gasteiger partial charge on any atom is -0.397 e. The second-order valence-electron chi connectivity index (χ2n) is 4.67. The lowest BCUT2D eigenvalue weighted by atomic mass is 10.1. The smallest absolute Gasteiger partial charge is 0.296 e. The number of nitro groups is 3. The fourth-order valence-corrected chi connectivity index (χ4v) is 2.02. The van der Waals surface area contributed by atoms with Crippen LogP contribution in [0.4, 0.5) is 28.4 Å². The van der Waals surface area contributed by atoms with E-state index in [2.05, 4.69) is 5.32 Å². The third-order valence-electron chi connectivity index (χ3n) is 3.12. The van der Waals surface area contributed by atoms with Crippen molar-refractivity contribution in [1.82, 2.24) is 0 Å². The Morgan fingerprint density at radius 2 is 1.44 bits per heavy atom.